The van der Waals surface area contributed by atoms with Crippen molar-refractivity contribution in [1.82, 2.24) is 25.1 Å². The summed E-state index contributed by atoms with van der Waals surface area (Å²) in [6, 6.07) is 12.4. The minimum Gasteiger partial charge on any atom is -0.355 e. The maximum absolute atomic E-state index is 11.6. The monoisotopic (exact) mass is 364 g/mol. The van der Waals surface area contributed by atoms with Crippen LogP contribution in [0.5, 0.6) is 0 Å². The van der Waals surface area contributed by atoms with E-state index in [0.717, 1.165) is 49.5 Å². The van der Waals surface area contributed by atoms with Crippen LogP contribution in [0.4, 0.5) is 5.82 Å². The predicted octanol–water partition coefficient (Wildman–Crippen LogP) is 2.59. The number of fused-ring (bicyclic) bond motifs is 1. The molecular formula is C20H24N6O. The number of aromatic nitrogens is 4. The minimum absolute atomic E-state index is 0.216. The van der Waals surface area contributed by atoms with Gasteiger partial charge in [0.1, 0.15) is 5.82 Å². The number of amides is 1. The third kappa shape index (κ3) is 3.25. The van der Waals surface area contributed by atoms with Crippen LogP contribution < -0.4 is 10.2 Å². The normalized spacial score (nSPS) is 15.3. The van der Waals surface area contributed by atoms with Crippen molar-refractivity contribution >= 4 is 22.8 Å². The van der Waals surface area contributed by atoms with Gasteiger partial charge in [-0.3, -0.25) is 4.79 Å². The fraction of sp³-hybridized carbons (Fsp3) is 0.400. The van der Waals surface area contributed by atoms with Gasteiger partial charge in [-0.15, -0.1) is 10.2 Å². The summed E-state index contributed by atoms with van der Waals surface area (Å²) >= 11 is 0. The number of nitrogens with zero attached hydrogens (tertiary/aromatic N) is 5. The van der Waals surface area contributed by atoms with Crippen LogP contribution in [-0.2, 0) is 6.42 Å². The van der Waals surface area contributed by atoms with Gasteiger partial charge >= 0.3 is 0 Å². The van der Waals surface area contributed by atoms with Crippen molar-refractivity contribution in [2.24, 2.45) is 0 Å². The number of anilines is 1. The summed E-state index contributed by atoms with van der Waals surface area (Å²) in [6.07, 6.45) is 3.00. The Kier molecular flexibility index (Phi) is 4.75. The van der Waals surface area contributed by atoms with E-state index in [-0.39, 0.29) is 5.91 Å². The highest BCUT2D eigenvalue weighted by Gasteiger charge is 2.25. The summed E-state index contributed by atoms with van der Waals surface area (Å²) in [5.41, 5.74) is 2.64. The number of carbonyl (C=O) groups is 1. The standard InChI is InChI=1S/C20H24N6O/c1-3-18-22-15-6-4-5-7-17(15)26(18)14-10-12-25(13-11-14)19-9-8-16(23-24-19)20(27)21-2/h4-9,14H,3,10-13H2,1-2H3,(H,21,27). The van der Waals surface area contributed by atoms with Crippen molar-refractivity contribution in [3.63, 3.8) is 0 Å². The summed E-state index contributed by atoms with van der Waals surface area (Å²) in [5.74, 6) is 1.77. The summed E-state index contributed by atoms with van der Waals surface area (Å²) < 4.78 is 2.42. The lowest BCUT2D eigenvalue weighted by molar-refractivity contribution is 0.0957. The van der Waals surface area contributed by atoms with Crippen molar-refractivity contribution in [3.8, 4) is 0 Å². The first-order valence-corrected chi connectivity index (χ1v) is 9.48. The largest absolute Gasteiger partial charge is 0.355 e. The number of imidazole rings is 1. The van der Waals surface area contributed by atoms with E-state index in [0.29, 0.717) is 11.7 Å². The number of hydrogen-bond acceptors (Lipinski definition) is 5. The number of piperidine rings is 1. The second-order valence-corrected chi connectivity index (χ2v) is 6.81. The highest BCUT2D eigenvalue weighted by Crippen LogP contribution is 2.30. The van der Waals surface area contributed by atoms with Crippen LogP contribution in [0.1, 0.15) is 42.1 Å². The van der Waals surface area contributed by atoms with Crippen molar-refractivity contribution in [2.75, 3.05) is 25.0 Å². The highest BCUT2D eigenvalue weighted by atomic mass is 16.1. The van der Waals surface area contributed by atoms with Gasteiger partial charge in [-0.1, -0.05) is 19.1 Å². The molecule has 1 aromatic carbocycles. The van der Waals surface area contributed by atoms with Crippen LogP contribution in [0.25, 0.3) is 11.0 Å². The molecule has 0 aliphatic carbocycles. The Morgan fingerprint density at radius 1 is 1.15 bits per heavy atom. The van der Waals surface area contributed by atoms with E-state index in [1.54, 1.807) is 13.1 Å². The Bertz CT molecular complexity index is 941. The van der Waals surface area contributed by atoms with Crippen molar-refractivity contribution in [2.45, 2.75) is 32.2 Å². The molecule has 2 aromatic heterocycles. The number of carbonyl (C=O) groups excluding carboxylic acids is 1. The zero-order chi connectivity index (χ0) is 18.8. The lowest BCUT2D eigenvalue weighted by Gasteiger charge is -2.34. The Morgan fingerprint density at radius 2 is 1.93 bits per heavy atom. The van der Waals surface area contributed by atoms with Crippen molar-refractivity contribution < 1.29 is 4.79 Å². The molecule has 0 radical (unpaired) electrons. The van der Waals surface area contributed by atoms with E-state index in [1.807, 2.05) is 12.1 Å². The summed E-state index contributed by atoms with van der Waals surface area (Å²) in [5, 5.41) is 10.8. The summed E-state index contributed by atoms with van der Waals surface area (Å²) in [4.78, 5) is 18.7. The molecule has 27 heavy (non-hydrogen) atoms. The molecule has 4 rings (SSSR count). The second-order valence-electron chi connectivity index (χ2n) is 6.81. The van der Waals surface area contributed by atoms with Crippen LogP contribution >= 0.6 is 0 Å². The highest BCUT2D eigenvalue weighted by molar-refractivity contribution is 5.91. The zero-order valence-corrected chi connectivity index (χ0v) is 15.7. The van der Waals surface area contributed by atoms with Gasteiger partial charge in [0.25, 0.3) is 5.91 Å². The molecule has 140 valence electrons. The van der Waals surface area contributed by atoms with Crippen LogP contribution in [0.2, 0.25) is 0 Å². The average molecular weight is 364 g/mol. The second kappa shape index (κ2) is 7.34. The van der Waals surface area contributed by atoms with Gasteiger partial charge in [0, 0.05) is 32.6 Å². The molecule has 1 fully saturated rings. The zero-order valence-electron chi connectivity index (χ0n) is 15.7. The Morgan fingerprint density at radius 3 is 2.59 bits per heavy atom. The maximum atomic E-state index is 11.6. The average Bonchev–Trinajstić information content (AvgIpc) is 3.12. The van der Waals surface area contributed by atoms with Gasteiger partial charge < -0.3 is 14.8 Å². The van der Waals surface area contributed by atoms with Gasteiger partial charge in [-0.25, -0.2) is 4.98 Å². The first-order valence-electron chi connectivity index (χ1n) is 9.48. The van der Waals surface area contributed by atoms with E-state index in [1.165, 1.54) is 5.52 Å². The molecule has 1 saturated heterocycles. The Balaban J connectivity index is 1.50. The summed E-state index contributed by atoms with van der Waals surface area (Å²) in [6.45, 7) is 3.99. The molecule has 7 heteroatoms. The molecule has 0 unspecified atom stereocenters. The smallest absolute Gasteiger partial charge is 0.271 e. The number of para-hydroxylation sites is 2. The Labute approximate surface area is 158 Å². The first-order chi connectivity index (χ1) is 13.2. The maximum Gasteiger partial charge on any atom is 0.271 e. The molecule has 3 aromatic rings. The summed E-state index contributed by atoms with van der Waals surface area (Å²) in [7, 11) is 1.59. The van der Waals surface area contributed by atoms with E-state index in [2.05, 4.69) is 50.1 Å². The third-order valence-electron chi connectivity index (χ3n) is 5.25. The van der Waals surface area contributed by atoms with Crippen LogP contribution in [0.3, 0.4) is 0 Å². The topological polar surface area (TPSA) is 75.9 Å². The van der Waals surface area contributed by atoms with Gasteiger partial charge in [-0.05, 0) is 37.1 Å². The van der Waals surface area contributed by atoms with E-state index >= 15 is 0 Å². The third-order valence-corrected chi connectivity index (χ3v) is 5.25. The number of aryl methyl sites for hydroxylation is 1. The molecular weight excluding hydrogens is 340 g/mol. The Hall–Kier alpha value is -2.96. The lowest BCUT2D eigenvalue weighted by atomic mass is 10.0. The lowest BCUT2D eigenvalue weighted by Crippen LogP contribution is -2.35. The fourth-order valence-electron chi connectivity index (χ4n) is 3.85. The van der Waals surface area contributed by atoms with Crippen LogP contribution in [-0.4, -0.2) is 45.8 Å². The minimum atomic E-state index is -0.216. The van der Waals surface area contributed by atoms with Gasteiger partial charge in [0.05, 0.1) is 11.0 Å². The number of hydrogen-bond donors (Lipinski definition) is 1. The molecule has 1 aliphatic rings. The van der Waals surface area contributed by atoms with Crippen LogP contribution in [0.15, 0.2) is 36.4 Å². The molecule has 0 saturated carbocycles. The van der Waals surface area contributed by atoms with E-state index in [4.69, 9.17) is 4.98 Å². The molecule has 1 N–H and O–H groups in total. The van der Waals surface area contributed by atoms with Gasteiger partial charge in [-0.2, -0.15) is 0 Å². The van der Waals surface area contributed by atoms with E-state index in [9.17, 15) is 4.79 Å². The quantitative estimate of drug-likeness (QED) is 0.770. The van der Waals surface area contributed by atoms with Gasteiger partial charge in [0.2, 0.25) is 0 Å². The molecule has 0 bridgehead atoms. The molecule has 1 amide bonds. The van der Waals surface area contributed by atoms with Crippen molar-refractivity contribution in [1.29, 1.82) is 0 Å². The molecule has 3 heterocycles. The fourth-order valence-corrected chi connectivity index (χ4v) is 3.85. The molecule has 7 nitrogen and oxygen atoms in total. The van der Waals surface area contributed by atoms with E-state index < -0.39 is 0 Å². The first kappa shape index (κ1) is 17.5. The number of nitrogens with one attached hydrogen (secondary N) is 1. The SMILES string of the molecule is CCc1nc2ccccc2n1C1CCN(c2ccc(C(=O)NC)nn2)CC1. The number of rotatable bonds is 4. The molecule has 0 spiro atoms. The molecule has 0 atom stereocenters. The predicted molar refractivity (Wildman–Crippen MR) is 105 cm³/mol. The number of benzene rings is 1. The van der Waals surface area contributed by atoms with Crippen LogP contribution in [0, 0.1) is 0 Å². The van der Waals surface area contributed by atoms with Gasteiger partial charge in [0.15, 0.2) is 11.5 Å². The molecule has 1 aliphatic heterocycles. The van der Waals surface area contributed by atoms with Crippen molar-refractivity contribution in [3.05, 3.63) is 47.9 Å².